The molecule has 0 fully saturated rings. The summed E-state index contributed by atoms with van der Waals surface area (Å²) >= 11 is 5.13. The molecule has 4 nitrogen and oxygen atoms in total. The van der Waals surface area contributed by atoms with Gasteiger partial charge in [-0.15, -0.1) is 11.8 Å². The number of nitrogens with one attached hydrogen (secondary N) is 1. The van der Waals surface area contributed by atoms with Crippen molar-refractivity contribution in [3.05, 3.63) is 62.6 Å². The van der Waals surface area contributed by atoms with E-state index in [1.54, 1.807) is 30.9 Å². The van der Waals surface area contributed by atoms with Gasteiger partial charge in [0.2, 0.25) is 0 Å². The van der Waals surface area contributed by atoms with Crippen LogP contribution < -0.4 is 5.32 Å². The van der Waals surface area contributed by atoms with Crippen LogP contribution >= 0.6 is 27.7 Å². The third kappa shape index (κ3) is 3.74. The molecule has 0 amide bonds. The van der Waals surface area contributed by atoms with E-state index in [1.807, 2.05) is 24.3 Å². The molecule has 0 spiro atoms. The Bertz CT molecular complexity index is 634. The van der Waals surface area contributed by atoms with E-state index in [-0.39, 0.29) is 10.6 Å². The number of nitro benzene ring substituents is 1. The van der Waals surface area contributed by atoms with Crippen molar-refractivity contribution in [2.24, 2.45) is 0 Å². The minimum Gasteiger partial charge on any atom is -0.383 e. The van der Waals surface area contributed by atoms with Crippen molar-refractivity contribution in [1.82, 2.24) is 0 Å². The van der Waals surface area contributed by atoms with Crippen LogP contribution in [0.2, 0.25) is 0 Å². The molecule has 0 saturated heterocycles. The summed E-state index contributed by atoms with van der Waals surface area (Å²) < 4.78 is 1.04. The number of anilines is 1. The first-order valence-electron chi connectivity index (χ1n) is 5.93. The zero-order valence-electron chi connectivity index (χ0n) is 10.8. The summed E-state index contributed by atoms with van der Waals surface area (Å²) in [6.45, 7) is 0. The molecule has 6 heteroatoms. The predicted molar refractivity (Wildman–Crippen MR) is 86.3 cm³/mol. The maximum atomic E-state index is 10.9. The van der Waals surface area contributed by atoms with E-state index in [0.29, 0.717) is 5.69 Å². The fraction of sp³-hybridized carbons (Fsp3) is 0.143. The Balaban J connectivity index is 2.12. The van der Waals surface area contributed by atoms with Gasteiger partial charge in [0.25, 0.3) is 5.69 Å². The Kier molecular flexibility index (Phi) is 5.03. The van der Waals surface area contributed by atoms with Crippen LogP contribution in [0.5, 0.6) is 0 Å². The normalized spacial score (nSPS) is 10.3. The van der Waals surface area contributed by atoms with E-state index in [9.17, 15) is 10.1 Å². The monoisotopic (exact) mass is 352 g/mol. The van der Waals surface area contributed by atoms with E-state index in [0.717, 1.165) is 20.7 Å². The lowest BCUT2D eigenvalue weighted by molar-refractivity contribution is -0.383. The highest BCUT2D eigenvalue weighted by molar-refractivity contribution is 9.10. The number of halogens is 1. The maximum Gasteiger partial charge on any atom is 0.292 e. The summed E-state index contributed by atoms with van der Waals surface area (Å²) in [6.07, 6.45) is 0. The molecular formula is C14H13BrN2O2S. The van der Waals surface area contributed by atoms with Crippen LogP contribution in [0.1, 0.15) is 5.56 Å². The molecule has 1 N–H and O–H groups in total. The van der Waals surface area contributed by atoms with Gasteiger partial charge in [-0.2, -0.15) is 0 Å². The minimum atomic E-state index is -0.378. The summed E-state index contributed by atoms with van der Waals surface area (Å²) in [5.41, 5.74) is 1.69. The van der Waals surface area contributed by atoms with Gasteiger partial charge in [0.05, 0.1) is 4.92 Å². The second-order valence-corrected chi connectivity index (χ2v) is 6.07. The Morgan fingerprint density at radius 1 is 1.30 bits per heavy atom. The molecular weight excluding hydrogens is 340 g/mol. The van der Waals surface area contributed by atoms with Crippen LogP contribution in [-0.2, 0) is 5.75 Å². The fourth-order valence-corrected chi connectivity index (χ4v) is 3.20. The average Bonchev–Trinajstić information content (AvgIpc) is 2.44. The highest BCUT2D eigenvalue weighted by Crippen LogP contribution is 2.29. The number of benzene rings is 2. The Labute approximate surface area is 129 Å². The molecule has 0 aliphatic heterocycles. The van der Waals surface area contributed by atoms with E-state index in [2.05, 4.69) is 27.3 Å². The number of nitrogens with zero attached hydrogens (tertiary/aromatic N) is 1. The first kappa shape index (κ1) is 14.9. The summed E-state index contributed by atoms with van der Waals surface area (Å²) in [7, 11) is 1.69. The van der Waals surface area contributed by atoms with Crippen LogP contribution in [0, 0.1) is 10.1 Å². The first-order valence-corrected chi connectivity index (χ1v) is 7.71. The third-order valence-corrected chi connectivity index (χ3v) is 4.29. The van der Waals surface area contributed by atoms with Gasteiger partial charge in [0.1, 0.15) is 5.69 Å². The van der Waals surface area contributed by atoms with Crippen molar-refractivity contribution >= 4 is 39.1 Å². The van der Waals surface area contributed by atoms with Gasteiger partial charge in [-0.1, -0.05) is 28.1 Å². The summed E-state index contributed by atoms with van der Waals surface area (Å²) in [6, 6.07) is 13.2. The number of hydrogen-bond acceptors (Lipinski definition) is 4. The second kappa shape index (κ2) is 6.76. The van der Waals surface area contributed by atoms with Crippen LogP contribution in [0.3, 0.4) is 0 Å². The van der Waals surface area contributed by atoms with Gasteiger partial charge in [-0.05, 0) is 29.8 Å². The maximum absolute atomic E-state index is 10.9. The van der Waals surface area contributed by atoms with Crippen molar-refractivity contribution < 1.29 is 4.92 Å². The first-order chi connectivity index (χ1) is 9.60. The molecule has 2 aromatic carbocycles. The molecule has 0 saturated carbocycles. The van der Waals surface area contributed by atoms with Crippen LogP contribution in [0.4, 0.5) is 11.4 Å². The molecule has 0 aliphatic carbocycles. The molecule has 20 heavy (non-hydrogen) atoms. The van der Waals surface area contributed by atoms with Crippen molar-refractivity contribution in [2.45, 2.75) is 10.6 Å². The Morgan fingerprint density at radius 3 is 2.75 bits per heavy atom. The zero-order valence-corrected chi connectivity index (χ0v) is 13.2. The number of nitro groups is 1. The van der Waals surface area contributed by atoms with Gasteiger partial charge < -0.3 is 5.32 Å². The Hall–Kier alpha value is -1.53. The Morgan fingerprint density at radius 2 is 2.10 bits per heavy atom. The SMILES string of the molecule is CNc1cc(CSc2cccc(Br)c2)ccc1[N+](=O)[O-]. The molecule has 2 aromatic rings. The molecule has 104 valence electrons. The standard InChI is InChI=1S/C14H13BrN2O2S/c1-16-13-7-10(5-6-14(13)17(18)19)9-20-12-4-2-3-11(15)8-12/h2-8,16H,9H2,1H3. The minimum absolute atomic E-state index is 0.101. The molecule has 0 radical (unpaired) electrons. The summed E-state index contributed by atoms with van der Waals surface area (Å²) in [4.78, 5) is 11.6. The molecule has 0 bridgehead atoms. The molecule has 0 unspecified atom stereocenters. The van der Waals surface area contributed by atoms with Gasteiger partial charge in [0.15, 0.2) is 0 Å². The third-order valence-electron chi connectivity index (χ3n) is 2.73. The number of rotatable bonds is 5. The molecule has 0 aromatic heterocycles. The van der Waals surface area contributed by atoms with Crippen molar-refractivity contribution in [1.29, 1.82) is 0 Å². The van der Waals surface area contributed by atoms with Crippen molar-refractivity contribution in [3.63, 3.8) is 0 Å². The van der Waals surface area contributed by atoms with E-state index < -0.39 is 0 Å². The number of thioether (sulfide) groups is 1. The van der Waals surface area contributed by atoms with Crippen molar-refractivity contribution in [3.8, 4) is 0 Å². The van der Waals surface area contributed by atoms with Crippen LogP contribution in [-0.4, -0.2) is 12.0 Å². The number of hydrogen-bond donors (Lipinski definition) is 1. The van der Waals surface area contributed by atoms with Crippen LogP contribution in [0.25, 0.3) is 0 Å². The zero-order chi connectivity index (χ0) is 14.5. The average molecular weight is 353 g/mol. The highest BCUT2D eigenvalue weighted by atomic mass is 79.9. The summed E-state index contributed by atoms with van der Waals surface area (Å²) in [5, 5.41) is 13.7. The lowest BCUT2D eigenvalue weighted by Gasteiger charge is -2.06. The molecule has 0 atom stereocenters. The fourth-order valence-electron chi connectivity index (χ4n) is 1.76. The van der Waals surface area contributed by atoms with Crippen molar-refractivity contribution in [2.75, 3.05) is 12.4 Å². The highest BCUT2D eigenvalue weighted by Gasteiger charge is 2.12. The lowest BCUT2D eigenvalue weighted by Crippen LogP contribution is -1.97. The largest absolute Gasteiger partial charge is 0.383 e. The molecule has 0 heterocycles. The molecule has 0 aliphatic rings. The van der Waals surface area contributed by atoms with Gasteiger partial charge in [-0.25, -0.2) is 0 Å². The van der Waals surface area contributed by atoms with Gasteiger partial charge >= 0.3 is 0 Å². The van der Waals surface area contributed by atoms with Gasteiger partial charge in [0, 0.05) is 28.2 Å². The predicted octanol–water partition coefficient (Wildman–Crippen LogP) is 4.69. The van der Waals surface area contributed by atoms with E-state index in [4.69, 9.17) is 0 Å². The summed E-state index contributed by atoms with van der Waals surface area (Å²) in [5.74, 6) is 0.767. The smallest absolute Gasteiger partial charge is 0.292 e. The lowest BCUT2D eigenvalue weighted by atomic mass is 10.2. The molecule has 2 rings (SSSR count). The van der Waals surface area contributed by atoms with Gasteiger partial charge in [-0.3, -0.25) is 10.1 Å². The topological polar surface area (TPSA) is 55.2 Å². The quantitative estimate of drug-likeness (QED) is 0.481. The van der Waals surface area contributed by atoms with Crippen LogP contribution in [0.15, 0.2) is 51.8 Å². The second-order valence-electron chi connectivity index (χ2n) is 4.10. The van der Waals surface area contributed by atoms with E-state index >= 15 is 0 Å². The van der Waals surface area contributed by atoms with E-state index in [1.165, 1.54) is 0 Å².